The number of thiazole rings is 1. The highest BCUT2D eigenvalue weighted by atomic mass is 32.1. The number of nitrogens with one attached hydrogen (secondary N) is 1. The number of rotatable bonds is 5. The number of hydrogen-bond acceptors (Lipinski definition) is 4. The Morgan fingerprint density at radius 2 is 2.15 bits per heavy atom. The average Bonchev–Trinajstić information content (AvgIpc) is 2.85. The molecule has 1 amide bonds. The number of hydrogen-bond donors (Lipinski definition) is 1. The van der Waals surface area contributed by atoms with Gasteiger partial charge in [-0.05, 0) is 24.5 Å². The Bertz CT molecular complexity index is 602. The minimum absolute atomic E-state index is 0.156. The molecule has 0 aliphatic carbocycles. The first kappa shape index (κ1) is 14.4. The van der Waals surface area contributed by atoms with Gasteiger partial charge in [-0.15, -0.1) is 11.3 Å². The molecule has 2 rings (SSSR count). The first-order valence-corrected chi connectivity index (χ1v) is 7.37. The van der Waals surface area contributed by atoms with Crippen LogP contribution in [0, 0.1) is 6.92 Å². The van der Waals surface area contributed by atoms with E-state index in [0.717, 1.165) is 22.7 Å². The zero-order valence-corrected chi connectivity index (χ0v) is 12.4. The molecule has 20 heavy (non-hydrogen) atoms. The summed E-state index contributed by atoms with van der Waals surface area (Å²) in [6, 6.07) is 8.08. The molecule has 0 unspecified atom stereocenters. The molecular weight excluding hydrogens is 270 g/mol. The van der Waals surface area contributed by atoms with E-state index < -0.39 is 0 Å². The summed E-state index contributed by atoms with van der Waals surface area (Å²) in [5.74, 6) is -0.156. The van der Waals surface area contributed by atoms with Crippen LogP contribution in [0.1, 0.15) is 28.8 Å². The summed E-state index contributed by atoms with van der Waals surface area (Å²) in [4.78, 5) is 15.9. The van der Waals surface area contributed by atoms with Gasteiger partial charge in [0.1, 0.15) is 0 Å². The van der Waals surface area contributed by atoms with Gasteiger partial charge >= 0.3 is 0 Å². The van der Waals surface area contributed by atoms with E-state index in [1.54, 1.807) is 17.6 Å². The molecule has 1 aromatic carbocycles. The summed E-state index contributed by atoms with van der Waals surface area (Å²) in [5.41, 5.74) is 5.54. The van der Waals surface area contributed by atoms with Crippen LogP contribution in [0.2, 0.25) is 0 Å². The second-order valence-corrected chi connectivity index (χ2v) is 5.49. The third-order valence-electron chi connectivity index (χ3n) is 2.80. The van der Waals surface area contributed by atoms with Gasteiger partial charge < -0.3 is 0 Å². The predicted molar refractivity (Wildman–Crippen MR) is 82.1 cm³/mol. The number of nitrogens with zero attached hydrogens (tertiary/aromatic N) is 2. The highest BCUT2D eigenvalue weighted by molar-refractivity contribution is 7.09. The number of hydrazone groups is 1. The van der Waals surface area contributed by atoms with Gasteiger partial charge in [-0.25, -0.2) is 10.4 Å². The Kier molecular flexibility index (Phi) is 5.01. The fourth-order valence-corrected chi connectivity index (χ4v) is 2.32. The fourth-order valence-electron chi connectivity index (χ4n) is 1.71. The largest absolute Gasteiger partial charge is 0.273 e. The molecule has 1 aromatic heterocycles. The van der Waals surface area contributed by atoms with Gasteiger partial charge in [-0.3, -0.25) is 4.79 Å². The van der Waals surface area contributed by atoms with Gasteiger partial charge in [0.2, 0.25) is 5.91 Å². The minimum atomic E-state index is -0.156. The molecule has 0 aliphatic rings. The number of carbonyl (C=O) groups is 1. The van der Waals surface area contributed by atoms with Crippen LogP contribution < -0.4 is 5.43 Å². The van der Waals surface area contributed by atoms with Gasteiger partial charge in [0.15, 0.2) is 0 Å². The Morgan fingerprint density at radius 1 is 1.40 bits per heavy atom. The van der Waals surface area contributed by atoms with Crippen LogP contribution in [0.5, 0.6) is 0 Å². The summed E-state index contributed by atoms with van der Waals surface area (Å²) >= 11 is 1.54. The minimum Gasteiger partial charge on any atom is -0.273 e. The SMILES string of the molecule is CCc1ccc(/C=N\NC(=O)Cc2csc(C)n2)cc1. The van der Waals surface area contributed by atoms with E-state index in [4.69, 9.17) is 0 Å². The molecule has 0 spiro atoms. The van der Waals surface area contributed by atoms with Crippen molar-refractivity contribution in [1.29, 1.82) is 0 Å². The van der Waals surface area contributed by atoms with Crippen LogP contribution in [-0.4, -0.2) is 17.1 Å². The molecule has 4 nitrogen and oxygen atoms in total. The van der Waals surface area contributed by atoms with Gasteiger partial charge in [0, 0.05) is 5.38 Å². The molecule has 1 N–H and O–H groups in total. The molecule has 0 aliphatic heterocycles. The lowest BCUT2D eigenvalue weighted by molar-refractivity contribution is -0.120. The molecule has 5 heteroatoms. The molecule has 0 fully saturated rings. The lowest BCUT2D eigenvalue weighted by Crippen LogP contribution is -2.19. The van der Waals surface area contributed by atoms with E-state index in [1.165, 1.54) is 5.56 Å². The molecular formula is C15H17N3OS. The average molecular weight is 287 g/mol. The van der Waals surface area contributed by atoms with Crippen LogP contribution in [0.25, 0.3) is 0 Å². The highest BCUT2D eigenvalue weighted by Gasteiger charge is 2.04. The Balaban J connectivity index is 1.84. The van der Waals surface area contributed by atoms with Crippen LogP contribution in [0.4, 0.5) is 0 Å². The maximum absolute atomic E-state index is 11.7. The van der Waals surface area contributed by atoms with E-state index in [1.807, 2.05) is 24.4 Å². The van der Waals surface area contributed by atoms with Crippen LogP contribution in [-0.2, 0) is 17.6 Å². The van der Waals surface area contributed by atoms with Crippen molar-refractivity contribution >= 4 is 23.5 Å². The topological polar surface area (TPSA) is 54.4 Å². The summed E-state index contributed by atoms with van der Waals surface area (Å²) in [6.45, 7) is 4.04. The number of benzene rings is 1. The normalized spacial score (nSPS) is 10.9. The van der Waals surface area contributed by atoms with Gasteiger partial charge in [-0.2, -0.15) is 5.10 Å². The van der Waals surface area contributed by atoms with Crippen molar-refractivity contribution in [3.8, 4) is 0 Å². The Labute approximate surface area is 122 Å². The summed E-state index contributed by atoms with van der Waals surface area (Å²) < 4.78 is 0. The fraction of sp³-hybridized carbons (Fsp3) is 0.267. The third-order valence-corrected chi connectivity index (χ3v) is 3.62. The molecule has 0 bridgehead atoms. The van der Waals surface area contributed by atoms with Crippen molar-refractivity contribution in [1.82, 2.24) is 10.4 Å². The van der Waals surface area contributed by atoms with E-state index >= 15 is 0 Å². The summed E-state index contributed by atoms with van der Waals surface area (Å²) in [7, 11) is 0. The maximum atomic E-state index is 11.7. The van der Waals surface area contributed by atoms with Crippen molar-refractivity contribution in [2.45, 2.75) is 26.7 Å². The number of amides is 1. The van der Waals surface area contributed by atoms with Gasteiger partial charge in [0.05, 0.1) is 23.3 Å². The standard InChI is InChI=1S/C15H17N3OS/c1-3-12-4-6-13(7-5-12)9-16-18-15(19)8-14-10-20-11(2)17-14/h4-7,9-10H,3,8H2,1-2H3,(H,18,19)/b16-9-. The molecule has 1 heterocycles. The smallest absolute Gasteiger partial charge is 0.246 e. The van der Waals surface area contributed by atoms with E-state index in [0.29, 0.717) is 0 Å². The van der Waals surface area contributed by atoms with Crippen molar-refractivity contribution < 1.29 is 4.79 Å². The summed E-state index contributed by atoms with van der Waals surface area (Å²) in [6.07, 6.45) is 2.92. The second kappa shape index (κ2) is 6.96. The highest BCUT2D eigenvalue weighted by Crippen LogP contribution is 2.08. The molecule has 104 valence electrons. The van der Waals surface area contributed by atoms with Gasteiger partial charge in [0.25, 0.3) is 0 Å². The molecule has 0 saturated carbocycles. The first-order valence-electron chi connectivity index (χ1n) is 6.49. The van der Waals surface area contributed by atoms with Crippen LogP contribution in [0.3, 0.4) is 0 Å². The van der Waals surface area contributed by atoms with Crippen molar-refractivity contribution in [2.24, 2.45) is 5.10 Å². The van der Waals surface area contributed by atoms with Gasteiger partial charge in [-0.1, -0.05) is 31.2 Å². The quantitative estimate of drug-likeness (QED) is 0.679. The van der Waals surface area contributed by atoms with Crippen LogP contribution in [0.15, 0.2) is 34.7 Å². The monoisotopic (exact) mass is 287 g/mol. The van der Waals surface area contributed by atoms with E-state index in [2.05, 4.69) is 34.6 Å². The van der Waals surface area contributed by atoms with Crippen molar-refractivity contribution in [3.05, 3.63) is 51.5 Å². The molecule has 0 saturated heterocycles. The zero-order chi connectivity index (χ0) is 14.4. The van der Waals surface area contributed by atoms with E-state index in [9.17, 15) is 4.79 Å². The Hall–Kier alpha value is -2.01. The lowest BCUT2D eigenvalue weighted by Gasteiger charge is -1.98. The first-order chi connectivity index (χ1) is 9.67. The Morgan fingerprint density at radius 3 is 2.75 bits per heavy atom. The molecule has 0 radical (unpaired) electrons. The number of aromatic nitrogens is 1. The zero-order valence-electron chi connectivity index (χ0n) is 11.6. The van der Waals surface area contributed by atoms with Crippen molar-refractivity contribution in [3.63, 3.8) is 0 Å². The maximum Gasteiger partial charge on any atom is 0.246 e. The number of aryl methyl sites for hydroxylation is 2. The predicted octanol–water partition coefficient (Wildman–Crippen LogP) is 2.71. The third kappa shape index (κ3) is 4.28. The number of carbonyl (C=O) groups excluding carboxylic acids is 1. The van der Waals surface area contributed by atoms with Crippen molar-refractivity contribution in [2.75, 3.05) is 0 Å². The van der Waals surface area contributed by atoms with E-state index in [-0.39, 0.29) is 12.3 Å². The molecule has 0 atom stereocenters. The van der Waals surface area contributed by atoms with Crippen LogP contribution >= 0.6 is 11.3 Å². The second-order valence-electron chi connectivity index (χ2n) is 4.42. The summed E-state index contributed by atoms with van der Waals surface area (Å²) in [5, 5.41) is 6.81. The lowest BCUT2D eigenvalue weighted by atomic mass is 10.1. The molecule has 2 aromatic rings.